The van der Waals surface area contributed by atoms with Gasteiger partial charge in [0.1, 0.15) is 16.8 Å². The molecule has 1 aromatic heterocycles. The first-order valence-corrected chi connectivity index (χ1v) is 9.95. The molecule has 6 nitrogen and oxygen atoms in total. The number of hydrogen-bond donors (Lipinski definition) is 1. The summed E-state index contributed by atoms with van der Waals surface area (Å²) in [5.41, 5.74) is 4.54. The van der Waals surface area contributed by atoms with Crippen LogP contribution in [-0.2, 0) is 0 Å². The van der Waals surface area contributed by atoms with Crippen molar-refractivity contribution in [2.45, 2.75) is 19.8 Å². The highest BCUT2D eigenvalue weighted by Crippen LogP contribution is 2.27. The van der Waals surface area contributed by atoms with E-state index in [9.17, 15) is 4.79 Å². The minimum atomic E-state index is -0.168. The highest BCUT2D eigenvalue weighted by atomic mass is 35.5. The van der Waals surface area contributed by atoms with Crippen LogP contribution < -0.4 is 10.1 Å². The van der Waals surface area contributed by atoms with Crippen molar-refractivity contribution in [3.05, 3.63) is 76.8 Å². The largest absolute Gasteiger partial charge is 0.495 e. The van der Waals surface area contributed by atoms with Gasteiger partial charge >= 0.3 is 0 Å². The van der Waals surface area contributed by atoms with Gasteiger partial charge in [-0.3, -0.25) is 4.79 Å². The first kappa shape index (κ1) is 19.9. The third kappa shape index (κ3) is 4.00. The Kier molecular flexibility index (Phi) is 5.42. The minimum Gasteiger partial charge on any atom is -0.495 e. The number of halogens is 1. The van der Waals surface area contributed by atoms with Gasteiger partial charge in [-0.25, -0.2) is 0 Å². The summed E-state index contributed by atoms with van der Waals surface area (Å²) in [6.45, 7) is 4.24. The molecule has 1 heterocycles. The third-order valence-corrected chi connectivity index (χ3v) is 5.14. The second kappa shape index (κ2) is 8.16. The molecule has 4 rings (SSSR count). The van der Waals surface area contributed by atoms with Crippen LogP contribution in [0, 0.1) is 0 Å². The van der Waals surface area contributed by atoms with E-state index in [1.165, 1.54) is 10.4 Å². The van der Waals surface area contributed by atoms with E-state index in [0.29, 0.717) is 44.7 Å². The Morgan fingerprint density at radius 1 is 1.00 bits per heavy atom. The Balaban J connectivity index is 1.56. The first-order chi connectivity index (χ1) is 14.4. The summed E-state index contributed by atoms with van der Waals surface area (Å²) in [5, 5.41) is 12.4. The Morgan fingerprint density at radius 3 is 2.40 bits per heavy atom. The Hall–Kier alpha value is -3.38. The molecule has 0 bridgehead atoms. The molecule has 0 aliphatic rings. The van der Waals surface area contributed by atoms with Crippen LogP contribution in [0.25, 0.3) is 16.7 Å². The van der Waals surface area contributed by atoms with Crippen LogP contribution in [0.15, 0.2) is 60.7 Å². The Labute approximate surface area is 179 Å². The molecule has 0 aliphatic carbocycles. The van der Waals surface area contributed by atoms with E-state index >= 15 is 0 Å². The van der Waals surface area contributed by atoms with Crippen LogP contribution in [0.3, 0.4) is 0 Å². The lowest BCUT2D eigenvalue weighted by atomic mass is 10.0. The summed E-state index contributed by atoms with van der Waals surface area (Å²) >= 11 is 6.20. The maximum atomic E-state index is 12.6. The zero-order valence-corrected chi connectivity index (χ0v) is 17.6. The molecule has 0 fully saturated rings. The molecule has 0 unspecified atom stereocenters. The second-order valence-corrected chi connectivity index (χ2v) is 7.65. The summed E-state index contributed by atoms with van der Waals surface area (Å²) < 4.78 is 5.18. The topological polar surface area (TPSA) is 69.0 Å². The molecule has 152 valence electrons. The monoisotopic (exact) mass is 420 g/mol. The van der Waals surface area contributed by atoms with E-state index in [1.54, 1.807) is 25.3 Å². The molecule has 0 atom stereocenters. The number of nitrogens with one attached hydrogen (secondary N) is 1. The van der Waals surface area contributed by atoms with Crippen molar-refractivity contribution in [3.8, 4) is 11.4 Å². The normalized spacial score (nSPS) is 11.1. The molecule has 0 saturated carbocycles. The molecule has 0 radical (unpaired) electrons. The van der Waals surface area contributed by atoms with Gasteiger partial charge in [0.2, 0.25) is 0 Å². The van der Waals surface area contributed by atoms with Gasteiger partial charge in [-0.1, -0.05) is 37.6 Å². The number of nitrogens with zero attached hydrogens (tertiary/aromatic N) is 3. The van der Waals surface area contributed by atoms with Gasteiger partial charge in [0.15, 0.2) is 0 Å². The SMILES string of the molecule is COc1ccc(-n2nc3ccc(NC(=O)c4ccc(C(C)C)cc4)cc3n2)cc1Cl. The van der Waals surface area contributed by atoms with E-state index in [1.807, 2.05) is 42.5 Å². The van der Waals surface area contributed by atoms with Gasteiger partial charge in [-0.05, 0) is 60.0 Å². The van der Waals surface area contributed by atoms with Gasteiger partial charge in [-0.2, -0.15) is 4.80 Å². The quantitative estimate of drug-likeness (QED) is 0.465. The van der Waals surface area contributed by atoms with Gasteiger partial charge < -0.3 is 10.1 Å². The molecule has 1 N–H and O–H groups in total. The van der Waals surface area contributed by atoms with Gasteiger partial charge in [0.25, 0.3) is 5.91 Å². The molecule has 0 aliphatic heterocycles. The van der Waals surface area contributed by atoms with Crippen molar-refractivity contribution in [3.63, 3.8) is 0 Å². The minimum absolute atomic E-state index is 0.168. The molecule has 0 saturated heterocycles. The molecule has 3 aromatic carbocycles. The van der Waals surface area contributed by atoms with E-state index in [4.69, 9.17) is 16.3 Å². The van der Waals surface area contributed by atoms with E-state index in [2.05, 4.69) is 29.4 Å². The lowest BCUT2D eigenvalue weighted by molar-refractivity contribution is 0.102. The van der Waals surface area contributed by atoms with Crippen LogP contribution in [0.1, 0.15) is 35.7 Å². The highest BCUT2D eigenvalue weighted by molar-refractivity contribution is 6.32. The molecule has 1 amide bonds. The maximum absolute atomic E-state index is 12.6. The highest BCUT2D eigenvalue weighted by Gasteiger charge is 2.11. The number of fused-ring (bicyclic) bond motifs is 1. The van der Waals surface area contributed by atoms with E-state index in [-0.39, 0.29) is 5.91 Å². The smallest absolute Gasteiger partial charge is 0.255 e. The molecular weight excluding hydrogens is 400 g/mol. The van der Waals surface area contributed by atoms with Crippen LogP contribution in [0.4, 0.5) is 5.69 Å². The number of hydrogen-bond acceptors (Lipinski definition) is 4. The summed E-state index contributed by atoms with van der Waals surface area (Å²) in [7, 11) is 1.57. The summed E-state index contributed by atoms with van der Waals surface area (Å²) in [6.07, 6.45) is 0. The van der Waals surface area contributed by atoms with Gasteiger partial charge in [0, 0.05) is 11.3 Å². The predicted molar refractivity (Wildman–Crippen MR) is 119 cm³/mol. The molecule has 30 heavy (non-hydrogen) atoms. The van der Waals surface area contributed by atoms with Crippen molar-refractivity contribution < 1.29 is 9.53 Å². The van der Waals surface area contributed by atoms with E-state index in [0.717, 1.165) is 0 Å². The number of carbonyl (C=O) groups excluding carboxylic acids is 1. The van der Waals surface area contributed by atoms with Crippen LogP contribution in [0.2, 0.25) is 5.02 Å². The second-order valence-electron chi connectivity index (χ2n) is 7.24. The van der Waals surface area contributed by atoms with Gasteiger partial charge in [-0.15, -0.1) is 10.2 Å². The van der Waals surface area contributed by atoms with Crippen molar-refractivity contribution in [1.82, 2.24) is 15.0 Å². The predicted octanol–water partition coefficient (Wildman–Crippen LogP) is 5.46. The zero-order chi connectivity index (χ0) is 21.3. The summed E-state index contributed by atoms with van der Waals surface area (Å²) in [5.74, 6) is 0.843. The lowest BCUT2D eigenvalue weighted by Gasteiger charge is -2.08. The Bertz CT molecular complexity index is 1220. The molecular formula is C23H21ClN4O2. The van der Waals surface area contributed by atoms with Gasteiger partial charge in [0.05, 0.1) is 17.8 Å². The number of amides is 1. The van der Waals surface area contributed by atoms with Crippen molar-refractivity contribution in [2.75, 3.05) is 12.4 Å². The number of rotatable bonds is 5. The van der Waals surface area contributed by atoms with Crippen LogP contribution in [-0.4, -0.2) is 28.0 Å². The zero-order valence-electron chi connectivity index (χ0n) is 16.9. The first-order valence-electron chi connectivity index (χ1n) is 9.57. The number of anilines is 1. The molecule has 7 heteroatoms. The summed E-state index contributed by atoms with van der Waals surface area (Å²) in [6, 6.07) is 18.4. The number of benzene rings is 3. The average molecular weight is 421 g/mol. The average Bonchev–Trinajstić information content (AvgIpc) is 3.17. The van der Waals surface area contributed by atoms with Crippen molar-refractivity contribution in [1.29, 1.82) is 0 Å². The number of methoxy groups -OCH3 is 1. The summed E-state index contributed by atoms with van der Waals surface area (Å²) in [4.78, 5) is 14.1. The lowest BCUT2D eigenvalue weighted by Crippen LogP contribution is -2.11. The standard InChI is InChI=1S/C23H21ClN4O2/c1-14(2)15-4-6-16(7-5-15)23(29)25-17-8-10-20-21(12-17)27-28(26-20)18-9-11-22(30-3)19(24)13-18/h4-14H,1-3H3,(H,25,29). The number of ether oxygens (including phenoxy) is 1. The fourth-order valence-electron chi connectivity index (χ4n) is 3.11. The third-order valence-electron chi connectivity index (χ3n) is 4.84. The van der Waals surface area contributed by atoms with Crippen molar-refractivity contribution in [2.24, 2.45) is 0 Å². The van der Waals surface area contributed by atoms with Crippen LogP contribution >= 0.6 is 11.6 Å². The number of aromatic nitrogens is 3. The number of carbonyl (C=O) groups is 1. The van der Waals surface area contributed by atoms with Crippen LogP contribution in [0.5, 0.6) is 5.75 Å². The fourth-order valence-corrected chi connectivity index (χ4v) is 3.36. The fraction of sp³-hybridized carbons (Fsp3) is 0.174. The Morgan fingerprint density at radius 2 is 1.73 bits per heavy atom. The molecule has 4 aromatic rings. The van der Waals surface area contributed by atoms with Crippen molar-refractivity contribution >= 4 is 34.2 Å². The van der Waals surface area contributed by atoms with E-state index < -0.39 is 0 Å². The molecule has 0 spiro atoms. The maximum Gasteiger partial charge on any atom is 0.255 e.